The fraction of sp³-hybridized carbons (Fsp3) is 0.778. The van der Waals surface area contributed by atoms with E-state index in [1.807, 2.05) is 7.05 Å². The van der Waals surface area contributed by atoms with Gasteiger partial charge < -0.3 is 15.4 Å². The van der Waals surface area contributed by atoms with Gasteiger partial charge in [0.25, 0.3) is 0 Å². The zero-order valence-electron chi connectivity index (χ0n) is 8.15. The van der Waals surface area contributed by atoms with E-state index >= 15 is 0 Å². The van der Waals surface area contributed by atoms with Crippen LogP contribution in [0.4, 0.5) is 0 Å². The van der Waals surface area contributed by atoms with Crippen molar-refractivity contribution in [3.05, 3.63) is 12.3 Å². The van der Waals surface area contributed by atoms with Gasteiger partial charge in [0, 0.05) is 18.8 Å². The number of ether oxygens (including phenoxy) is 1. The van der Waals surface area contributed by atoms with E-state index in [0.29, 0.717) is 0 Å². The van der Waals surface area contributed by atoms with Crippen LogP contribution in [0, 0.1) is 0 Å². The average molecular weight is 172 g/mol. The van der Waals surface area contributed by atoms with Crippen molar-refractivity contribution in [3.63, 3.8) is 0 Å². The summed E-state index contributed by atoms with van der Waals surface area (Å²) < 4.78 is 5.30. The third kappa shape index (κ3) is 7.57. The van der Waals surface area contributed by atoms with Crippen LogP contribution in [0.15, 0.2) is 12.3 Å². The van der Waals surface area contributed by atoms with Crippen molar-refractivity contribution in [1.82, 2.24) is 10.6 Å². The Kier molecular flexibility index (Phi) is 8.17. The van der Waals surface area contributed by atoms with Crippen LogP contribution in [-0.4, -0.2) is 33.4 Å². The molecular weight excluding hydrogens is 152 g/mol. The van der Waals surface area contributed by atoms with Crippen molar-refractivity contribution < 1.29 is 4.74 Å². The van der Waals surface area contributed by atoms with Crippen LogP contribution < -0.4 is 10.6 Å². The molecule has 0 aliphatic carbocycles. The second-order valence-corrected chi connectivity index (χ2v) is 2.60. The van der Waals surface area contributed by atoms with Crippen molar-refractivity contribution in [3.8, 4) is 0 Å². The van der Waals surface area contributed by atoms with E-state index in [9.17, 15) is 0 Å². The lowest BCUT2D eigenvalue weighted by molar-refractivity contribution is 0.140. The molecule has 0 radical (unpaired) electrons. The Morgan fingerprint density at radius 3 is 2.58 bits per heavy atom. The fourth-order valence-corrected chi connectivity index (χ4v) is 0.701. The molecule has 0 unspecified atom stereocenters. The summed E-state index contributed by atoms with van der Waals surface area (Å²) in [6.45, 7) is 9.20. The van der Waals surface area contributed by atoms with Crippen LogP contribution in [0.2, 0.25) is 0 Å². The molecule has 0 heterocycles. The molecule has 3 nitrogen and oxygen atoms in total. The van der Waals surface area contributed by atoms with Crippen LogP contribution in [-0.2, 0) is 4.74 Å². The molecule has 0 aliphatic heterocycles. The largest absolute Gasteiger partial charge is 0.387 e. The van der Waals surface area contributed by atoms with Gasteiger partial charge >= 0.3 is 0 Å². The monoisotopic (exact) mass is 172 g/mol. The van der Waals surface area contributed by atoms with E-state index in [1.165, 1.54) is 0 Å². The molecule has 2 N–H and O–H groups in total. The van der Waals surface area contributed by atoms with Crippen LogP contribution in [0.1, 0.15) is 13.3 Å². The smallest absolute Gasteiger partial charge is 0.0639 e. The summed E-state index contributed by atoms with van der Waals surface area (Å²) in [5.74, 6) is 0. The molecule has 0 aromatic carbocycles. The van der Waals surface area contributed by atoms with Crippen LogP contribution in [0.25, 0.3) is 0 Å². The standard InChI is InChI=1S/C9H20N2O/c1-4-9(2)11-6-8-12-7-5-10-3/h10-11H,2,4-8H2,1,3H3. The zero-order chi connectivity index (χ0) is 9.23. The number of likely N-dealkylation sites (N-methyl/N-ethyl adjacent to an activating group) is 1. The SMILES string of the molecule is C=C(CC)NCCOCCNC. The molecule has 0 aromatic heterocycles. The molecule has 0 aromatic rings. The van der Waals surface area contributed by atoms with Gasteiger partial charge in [0.1, 0.15) is 0 Å². The number of rotatable bonds is 8. The predicted octanol–water partition coefficient (Wildman–Crippen LogP) is 0.736. The molecule has 0 saturated heterocycles. The molecule has 0 bridgehead atoms. The number of hydrogen-bond donors (Lipinski definition) is 2. The minimum atomic E-state index is 0.751. The molecule has 0 saturated carbocycles. The van der Waals surface area contributed by atoms with Gasteiger partial charge in [-0.05, 0) is 13.5 Å². The van der Waals surface area contributed by atoms with Crippen molar-refractivity contribution in [2.75, 3.05) is 33.4 Å². The highest BCUT2D eigenvalue weighted by atomic mass is 16.5. The lowest BCUT2D eigenvalue weighted by Gasteiger charge is -2.07. The molecule has 3 heteroatoms. The summed E-state index contributed by atoms with van der Waals surface area (Å²) >= 11 is 0. The molecule has 0 fully saturated rings. The fourth-order valence-electron chi connectivity index (χ4n) is 0.701. The summed E-state index contributed by atoms with van der Waals surface area (Å²) in [5, 5.41) is 6.18. The first-order chi connectivity index (χ1) is 5.81. The second-order valence-electron chi connectivity index (χ2n) is 2.60. The summed E-state index contributed by atoms with van der Waals surface area (Å²) in [6.07, 6.45) is 0.983. The zero-order valence-corrected chi connectivity index (χ0v) is 8.15. The first-order valence-electron chi connectivity index (χ1n) is 4.45. The molecule has 72 valence electrons. The van der Waals surface area contributed by atoms with E-state index < -0.39 is 0 Å². The van der Waals surface area contributed by atoms with Crippen molar-refractivity contribution in [1.29, 1.82) is 0 Å². The normalized spacial score (nSPS) is 9.83. The highest BCUT2D eigenvalue weighted by molar-refractivity contribution is 4.88. The molecule has 0 spiro atoms. The highest BCUT2D eigenvalue weighted by Gasteiger charge is 1.89. The Hall–Kier alpha value is -0.540. The van der Waals surface area contributed by atoms with Gasteiger partial charge in [0.05, 0.1) is 13.2 Å². The third-order valence-electron chi connectivity index (χ3n) is 1.54. The Morgan fingerprint density at radius 1 is 1.33 bits per heavy atom. The van der Waals surface area contributed by atoms with E-state index in [2.05, 4.69) is 24.1 Å². The Balaban J connectivity index is 2.95. The number of allylic oxidation sites excluding steroid dienone is 1. The minimum absolute atomic E-state index is 0.751. The van der Waals surface area contributed by atoms with Crippen molar-refractivity contribution in [2.45, 2.75) is 13.3 Å². The van der Waals surface area contributed by atoms with Gasteiger partial charge in [-0.1, -0.05) is 13.5 Å². The molecule has 0 atom stereocenters. The van der Waals surface area contributed by atoms with E-state index in [4.69, 9.17) is 4.74 Å². The third-order valence-corrected chi connectivity index (χ3v) is 1.54. The summed E-state index contributed by atoms with van der Waals surface area (Å²) in [6, 6.07) is 0. The average Bonchev–Trinajstić information content (AvgIpc) is 2.10. The Bertz CT molecular complexity index is 115. The first kappa shape index (κ1) is 11.5. The summed E-state index contributed by atoms with van der Waals surface area (Å²) in [7, 11) is 1.92. The molecular formula is C9H20N2O. The lowest BCUT2D eigenvalue weighted by Crippen LogP contribution is -2.21. The quantitative estimate of drug-likeness (QED) is 0.530. The number of hydrogen-bond acceptors (Lipinski definition) is 3. The van der Waals surface area contributed by atoms with E-state index in [1.54, 1.807) is 0 Å². The highest BCUT2D eigenvalue weighted by Crippen LogP contribution is 1.88. The molecule has 12 heavy (non-hydrogen) atoms. The van der Waals surface area contributed by atoms with Gasteiger partial charge in [-0.2, -0.15) is 0 Å². The van der Waals surface area contributed by atoms with Gasteiger partial charge in [-0.25, -0.2) is 0 Å². The van der Waals surface area contributed by atoms with Crippen LogP contribution in [0.3, 0.4) is 0 Å². The van der Waals surface area contributed by atoms with E-state index in [-0.39, 0.29) is 0 Å². The van der Waals surface area contributed by atoms with Crippen molar-refractivity contribution >= 4 is 0 Å². The summed E-state index contributed by atoms with van der Waals surface area (Å²) in [5.41, 5.74) is 1.08. The first-order valence-corrected chi connectivity index (χ1v) is 4.45. The van der Waals surface area contributed by atoms with E-state index in [0.717, 1.165) is 38.4 Å². The molecule has 0 aliphatic rings. The predicted molar refractivity (Wildman–Crippen MR) is 52.2 cm³/mol. The van der Waals surface area contributed by atoms with Gasteiger partial charge in [0.2, 0.25) is 0 Å². The lowest BCUT2D eigenvalue weighted by atomic mass is 10.4. The maximum Gasteiger partial charge on any atom is 0.0639 e. The van der Waals surface area contributed by atoms with Crippen LogP contribution >= 0.6 is 0 Å². The Labute approximate surface area is 75.2 Å². The topological polar surface area (TPSA) is 33.3 Å². The summed E-state index contributed by atoms with van der Waals surface area (Å²) in [4.78, 5) is 0. The Morgan fingerprint density at radius 2 is 2.00 bits per heavy atom. The second kappa shape index (κ2) is 8.56. The van der Waals surface area contributed by atoms with Crippen molar-refractivity contribution in [2.24, 2.45) is 0 Å². The molecule has 0 rings (SSSR count). The maximum absolute atomic E-state index is 5.30. The van der Waals surface area contributed by atoms with Gasteiger partial charge in [-0.3, -0.25) is 0 Å². The van der Waals surface area contributed by atoms with Crippen LogP contribution in [0.5, 0.6) is 0 Å². The van der Waals surface area contributed by atoms with Gasteiger partial charge in [-0.15, -0.1) is 0 Å². The minimum Gasteiger partial charge on any atom is -0.387 e. The maximum atomic E-state index is 5.30. The van der Waals surface area contributed by atoms with Gasteiger partial charge in [0.15, 0.2) is 0 Å². The molecule has 0 amide bonds. The number of nitrogens with one attached hydrogen (secondary N) is 2.